The predicted molar refractivity (Wildman–Crippen MR) is 102 cm³/mol. The van der Waals surface area contributed by atoms with Crippen molar-refractivity contribution in [3.05, 3.63) is 66.2 Å². The molecule has 1 aliphatic heterocycles. The van der Waals surface area contributed by atoms with Gasteiger partial charge in [0.05, 0.1) is 18.1 Å². The molecule has 0 saturated carbocycles. The van der Waals surface area contributed by atoms with E-state index in [4.69, 9.17) is 5.73 Å². The fourth-order valence-corrected chi connectivity index (χ4v) is 3.38. The van der Waals surface area contributed by atoms with Crippen molar-refractivity contribution in [2.24, 2.45) is 0 Å². The third-order valence-electron chi connectivity index (χ3n) is 4.78. The van der Waals surface area contributed by atoms with Gasteiger partial charge in [0.15, 0.2) is 0 Å². The molecule has 4 rings (SSSR count). The Hall–Kier alpha value is -3.28. The van der Waals surface area contributed by atoms with Crippen LogP contribution in [0.4, 0.5) is 10.2 Å². The number of nitrogens with two attached hydrogens (primary N) is 1. The summed E-state index contributed by atoms with van der Waals surface area (Å²) in [5.74, 6) is -0.142. The van der Waals surface area contributed by atoms with Crippen molar-refractivity contribution in [2.75, 3.05) is 18.8 Å². The third-order valence-corrected chi connectivity index (χ3v) is 4.78. The Balaban J connectivity index is 1.71. The minimum atomic E-state index is -0.421. The van der Waals surface area contributed by atoms with Gasteiger partial charge in [0.2, 0.25) is 0 Å². The standard InChI is InChI=1S/C21H19FN4O/c22-18-11-14(7-8-17(18)19-12-25-20(23)13-24-19)15-5-1-2-6-16(15)21(27)26-9-3-4-10-26/h1-2,5-8,11-13H,3-4,9-10H2,(H2,23,25). The average Bonchev–Trinajstić information content (AvgIpc) is 3.23. The number of anilines is 1. The first-order valence-corrected chi connectivity index (χ1v) is 8.89. The van der Waals surface area contributed by atoms with E-state index in [1.807, 2.05) is 23.1 Å². The molecule has 1 fully saturated rings. The molecule has 27 heavy (non-hydrogen) atoms. The summed E-state index contributed by atoms with van der Waals surface area (Å²) in [5.41, 5.74) is 8.27. The van der Waals surface area contributed by atoms with Crippen LogP contribution in [0.1, 0.15) is 23.2 Å². The fourth-order valence-electron chi connectivity index (χ4n) is 3.38. The van der Waals surface area contributed by atoms with Gasteiger partial charge < -0.3 is 10.6 Å². The van der Waals surface area contributed by atoms with E-state index in [1.54, 1.807) is 18.2 Å². The van der Waals surface area contributed by atoms with Gasteiger partial charge in [-0.1, -0.05) is 24.3 Å². The summed E-state index contributed by atoms with van der Waals surface area (Å²) in [6.45, 7) is 1.55. The van der Waals surface area contributed by atoms with Crippen LogP contribution in [0.25, 0.3) is 22.4 Å². The van der Waals surface area contributed by atoms with Gasteiger partial charge >= 0.3 is 0 Å². The first-order valence-electron chi connectivity index (χ1n) is 8.89. The molecular weight excluding hydrogens is 343 g/mol. The van der Waals surface area contributed by atoms with E-state index < -0.39 is 5.82 Å². The highest BCUT2D eigenvalue weighted by Crippen LogP contribution is 2.30. The SMILES string of the molecule is Nc1cnc(-c2ccc(-c3ccccc3C(=O)N3CCCC3)cc2F)cn1. The van der Waals surface area contributed by atoms with Gasteiger partial charge in [-0.05, 0) is 42.2 Å². The summed E-state index contributed by atoms with van der Waals surface area (Å²) in [6.07, 6.45) is 4.89. The Morgan fingerprint density at radius 3 is 2.48 bits per heavy atom. The summed E-state index contributed by atoms with van der Waals surface area (Å²) in [7, 11) is 0. The van der Waals surface area contributed by atoms with Crippen LogP contribution in [0, 0.1) is 5.82 Å². The Bertz CT molecular complexity index is 982. The molecule has 1 amide bonds. The smallest absolute Gasteiger partial charge is 0.254 e. The lowest BCUT2D eigenvalue weighted by Gasteiger charge is -2.18. The Labute approximate surface area is 156 Å². The lowest BCUT2D eigenvalue weighted by Crippen LogP contribution is -2.28. The first kappa shape index (κ1) is 17.1. The van der Waals surface area contributed by atoms with Gasteiger partial charge in [-0.15, -0.1) is 0 Å². The van der Waals surface area contributed by atoms with E-state index in [1.165, 1.54) is 18.5 Å². The number of aromatic nitrogens is 2. The van der Waals surface area contributed by atoms with Crippen molar-refractivity contribution in [3.63, 3.8) is 0 Å². The molecule has 0 spiro atoms. The highest BCUT2D eigenvalue weighted by atomic mass is 19.1. The van der Waals surface area contributed by atoms with Crippen LogP contribution in [0.2, 0.25) is 0 Å². The second kappa shape index (κ2) is 7.15. The highest BCUT2D eigenvalue weighted by molar-refractivity contribution is 6.01. The van der Waals surface area contributed by atoms with E-state index in [9.17, 15) is 9.18 Å². The predicted octanol–water partition coefficient (Wildman–Crippen LogP) is 3.77. The zero-order valence-electron chi connectivity index (χ0n) is 14.7. The summed E-state index contributed by atoms with van der Waals surface area (Å²) in [5, 5.41) is 0. The van der Waals surface area contributed by atoms with E-state index >= 15 is 0 Å². The van der Waals surface area contributed by atoms with Gasteiger partial charge in [-0.25, -0.2) is 9.37 Å². The summed E-state index contributed by atoms with van der Waals surface area (Å²) in [4.78, 5) is 22.8. The Morgan fingerprint density at radius 1 is 1.00 bits per heavy atom. The minimum absolute atomic E-state index is 0.00279. The van der Waals surface area contributed by atoms with Crippen molar-refractivity contribution >= 4 is 11.7 Å². The number of halogens is 1. The molecule has 0 unspecified atom stereocenters. The minimum Gasteiger partial charge on any atom is -0.382 e. The first-order chi connectivity index (χ1) is 13.1. The number of nitrogens with zero attached hydrogens (tertiary/aromatic N) is 3. The Morgan fingerprint density at radius 2 is 1.78 bits per heavy atom. The second-order valence-corrected chi connectivity index (χ2v) is 6.57. The lowest BCUT2D eigenvalue weighted by atomic mass is 9.97. The molecule has 5 nitrogen and oxygen atoms in total. The molecule has 6 heteroatoms. The molecule has 0 radical (unpaired) electrons. The largest absolute Gasteiger partial charge is 0.382 e. The molecule has 136 valence electrons. The maximum Gasteiger partial charge on any atom is 0.254 e. The van der Waals surface area contributed by atoms with Gasteiger partial charge in [0.25, 0.3) is 5.91 Å². The summed E-state index contributed by atoms with van der Waals surface area (Å²) in [6, 6.07) is 12.2. The molecule has 0 aliphatic carbocycles. The normalized spacial score (nSPS) is 13.7. The van der Waals surface area contributed by atoms with Crippen LogP contribution in [0.15, 0.2) is 54.9 Å². The van der Waals surface area contributed by atoms with Gasteiger partial charge in [0.1, 0.15) is 11.6 Å². The number of hydrogen-bond donors (Lipinski definition) is 1. The average molecular weight is 362 g/mol. The zero-order valence-corrected chi connectivity index (χ0v) is 14.7. The quantitative estimate of drug-likeness (QED) is 0.770. The van der Waals surface area contributed by atoms with Gasteiger partial charge in [0, 0.05) is 24.2 Å². The molecule has 1 aliphatic rings. The molecule has 2 aromatic carbocycles. The molecule has 1 aromatic heterocycles. The topological polar surface area (TPSA) is 72.1 Å². The summed E-state index contributed by atoms with van der Waals surface area (Å²) >= 11 is 0. The second-order valence-electron chi connectivity index (χ2n) is 6.57. The van der Waals surface area contributed by atoms with Crippen molar-refractivity contribution in [3.8, 4) is 22.4 Å². The van der Waals surface area contributed by atoms with Crippen molar-refractivity contribution < 1.29 is 9.18 Å². The fraction of sp³-hybridized carbons (Fsp3) is 0.190. The number of carbonyl (C=O) groups excluding carboxylic acids is 1. The molecule has 1 saturated heterocycles. The van der Waals surface area contributed by atoms with E-state index in [0.717, 1.165) is 31.5 Å². The maximum atomic E-state index is 14.8. The molecule has 0 atom stereocenters. The van der Waals surface area contributed by atoms with Gasteiger partial charge in [-0.3, -0.25) is 9.78 Å². The monoisotopic (exact) mass is 362 g/mol. The maximum absolute atomic E-state index is 14.8. The molecule has 0 bridgehead atoms. The van der Waals surface area contributed by atoms with Crippen molar-refractivity contribution in [1.82, 2.24) is 14.9 Å². The molecule has 2 N–H and O–H groups in total. The van der Waals surface area contributed by atoms with Crippen LogP contribution in [-0.2, 0) is 0 Å². The van der Waals surface area contributed by atoms with Crippen LogP contribution in [-0.4, -0.2) is 33.9 Å². The number of nitrogen functional groups attached to an aromatic ring is 1. The molecule has 2 heterocycles. The number of likely N-dealkylation sites (tertiary alicyclic amines) is 1. The number of hydrogen-bond acceptors (Lipinski definition) is 4. The van der Waals surface area contributed by atoms with E-state index in [-0.39, 0.29) is 11.7 Å². The van der Waals surface area contributed by atoms with E-state index in [2.05, 4.69) is 9.97 Å². The van der Waals surface area contributed by atoms with Crippen LogP contribution < -0.4 is 5.73 Å². The number of rotatable bonds is 3. The Kier molecular flexibility index (Phi) is 4.54. The van der Waals surface area contributed by atoms with Crippen LogP contribution >= 0.6 is 0 Å². The zero-order chi connectivity index (χ0) is 18.8. The number of benzene rings is 2. The lowest BCUT2D eigenvalue weighted by molar-refractivity contribution is 0.0793. The third kappa shape index (κ3) is 3.38. The van der Waals surface area contributed by atoms with Gasteiger partial charge in [-0.2, -0.15) is 0 Å². The number of carbonyl (C=O) groups is 1. The highest BCUT2D eigenvalue weighted by Gasteiger charge is 2.22. The van der Waals surface area contributed by atoms with E-state index in [0.29, 0.717) is 22.4 Å². The number of amides is 1. The molecular formula is C21H19FN4O. The van der Waals surface area contributed by atoms with Crippen molar-refractivity contribution in [1.29, 1.82) is 0 Å². The van der Waals surface area contributed by atoms with Crippen LogP contribution in [0.5, 0.6) is 0 Å². The van der Waals surface area contributed by atoms with Crippen LogP contribution in [0.3, 0.4) is 0 Å². The summed E-state index contributed by atoms with van der Waals surface area (Å²) < 4.78 is 14.8. The van der Waals surface area contributed by atoms with Crippen molar-refractivity contribution in [2.45, 2.75) is 12.8 Å². The molecule has 3 aromatic rings.